The van der Waals surface area contributed by atoms with E-state index in [4.69, 9.17) is 4.74 Å². The summed E-state index contributed by atoms with van der Waals surface area (Å²) >= 11 is 0. The van der Waals surface area contributed by atoms with Gasteiger partial charge in [0.15, 0.2) is 6.10 Å². The third-order valence-corrected chi connectivity index (χ3v) is 1.59. The van der Waals surface area contributed by atoms with Gasteiger partial charge in [-0.25, -0.2) is 0 Å². The van der Waals surface area contributed by atoms with E-state index in [0.29, 0.717) is 0 Å². The lowest BCUT2D eigenvalue weighted by atomic mass is 10.3. The molecule has 2 unspecified atom stereocenters. The van der Waals surface area contributed by atoms with Crippen LogP contribution in [0.25, 0.3) is 0 Å². The van der Waals surface area contributed by atoms with Gasteiger partial charge in [0, 0.05) is 14.1 Å². The van der Waals surface area contributed by atoms with Gasteiger partial charge in [0.1, 0.15) is 6.10 Å². The van der Waals surface area contributed by atoms with Crippen molar-refractivity contribution in [2.45, 2.75) is 19.1 Å². The Hall–Kier alpha value is -0.830. The summed E-state index contributed by atoms with van der Waals surface area (Å²) in [4.78, 5) is 12.7. The molecule has 1 heterocycles. The van der Waals surface area contributed by atoms with Gasteiger partial charge in [-0.2, -0.15) is 0 Å². The van der Waals surface area contributed by atoms with Gasteiger partial charge >= 0.3 is 0 Å². The Morgan fingerprint density at radius 3 is 2.64 bits per heavy atom. The van der Waals surface area contributed by atoms with Gasteiger partial charge in [-0.1, -0.05) is 12.2 Å². The molecule has 1 saturated heterocycles. The number of allylic oxidation sites excluding steroid dienone is 1. The van der Waals surface area contributed by atoms with E-state index in [1.54, 1.807) is 19.0 Å². The molecule has 0 bridgehead atoms. The molecular weight excluding hydrogens is 142 g/mol. The van der Waals surface area contributed by atoms with Crippen LogP contribution in [-0.2, 0) is 9.53 Å². The van der Waals surface area contributed by atoms with Crippen LogP contribution < -0.4 is 0 Å². The second kappa shape index (κ2) is 3.05. The summed E-state index contributed by atoms with van der Waals surface area (Å²) in [6, 6.07) is 0. The van der Waals surface area contributed by atoms with Crippen molar-refractivity contribution in [3.8, 4) is 0 Å². The molecule has 1 amide bonds. The normalized spacial score (nSPS) is 29.0. The number of carbonyl (C=O) groups excluding carboxylic acids is 1. The molecule has 1 aliphatic heterocycles. The zero-order valence-electron chi connectivity index (χ0n) is 7.07. The Morgan fingerprint density at radius 1 is 1.55 bits per heavy atom. The number of amides is 1. The number of nitrogens with zero attached hydrogens (tertiary/aromatic N) is 1. The second-order valence-corrected chi connectivity index (χ2v) is 2.78. The van der Waals surface area contributed by atoms with Crippen LogP contribution in [0.5, 0.6) is 0 Å². The standard InChI is InChI=1S/C8H13NO2/c1-4-5-6-7(11-6)8(10)9(2)3/h4-7H,1-3H3/b5-4+. The van der Waals surface area contributed by atoms with Crippen LogP contribution in [0.3, 0.4) is 0 Å². The molecule has 0 spiro atoms. The fourth-order valence-electron chi connectivity index (χ4n) is 0.913. The fourth-order valence-corrected chi connectivity index (χ4v) is 0.913. The van der Waals surface area contributed by atoms with Crippen LogP contribution in [0.1, 0.15) is 6.92 Å². The van der Waals surface area contributed by atoms with E-state index in [0.717, 1.165) is 0 Å². The Morgan fingerprint density at radius 2 is 2.18 bits per heavy atom. The molecule has 1 rings (SSSR count). The third-order valence-electron chi connectivity index (χ3n) is 1.59. The van der Waals surface area contributed by atoms with E-state index in [2.05, 4.69) is 0 Å². The van der Waals surface area contributed by atoms with E-state index < -0.39 is 0 Å². The van der Waals surface area contributed by atoms with Crippen LogP contribution in [0.2, 0.25) is 0 Å². The number of likely N-dealkylation sites (N-methyl/N-ethyl adjacent to an activating group) is 1. The van der Waals surface area contributed by atoms with Gasteiger partial charge in [0.2, 0.25) is 0 Å². The van der Waals surface area contributed by atoms with Crippen molar-refractivity contribution >= 4 is 5.91 Å². The number of hydrogen-bond donors (Lipinski definition) is 0. The first-order chi connectivity index (χ1) is 5.16. The van der Waals surface area contributed by atoms with Crippen LogP contribution in [0.4, 0.5) is 0 Å². The molecule has 3 heteroatoms. The SMILES string of the molecule is C/C=C/C1OC1C(=O)N(C)C. The highest BCUT2D eigenvalue weighted by molar-refractivity contribution is 5.83. The monoisotopic (exact) mass is 155 g/mol. The summed E-state index contributed by atoms with van der Waals surface area (Å²) in [5, 5.41) is 0. The summed E-state index contributed by atoms with van der Waals surface area (Å²) in [5.74, 6) is 0.0492. The van der Waals surface area contributed by atoms with E-state index >= 15 is 0 Å². The number of epoxide rings is 1. The highest BCUT2D eigenvalue weighted by atomic mass is 16.6. The first kappa shape index (κ1) is 8.27. The molecule has 0 saturated carbocycles. The number of hydrogen-bond acceptors (Lipinski definition) is 2. The average molecular weight is 155 g/mol. The Labute approximate surface area is 66.6 Å². The lowest BCUT2D eigenvalue weighted by Gasteiger charge is -2.06. The van der Waals surface area contributed by atoms with Crippen molar-refractivity contribution in [2.24, 2.45) is 0 Å². The summed E-state index contributed by atoms with van der Waals surface area (Å²) in [6.45, 7) is 1.92. The van der Waals surface area contributed by atoms with Crippen LogP contribution in [-0.4, -0.2) is 37.1 Å². The molecule has 11 heavy (non-hydrogen) atoms. The predicted molar refractivity (Wildman–Crippen MR) is 42.2 cm³/mol. The van der Waals surface area contributed by atoms with E-state index in [-0.39, 0.29) is 18.1 Å². The van der Waals surface area contributed by atoms with Crippen LogP contribution in [0.15, 0.2) is 12.2 Å². The maximum Gasteiger partial charge on any atom is 0.254 e. The Bertz CT molecular complexity index is 187. The minimum atomic E-state index is -0.221. The van der Waals surface area contributed by atoms with E-state index in [1.165, 1.54) is 0 Å². The van der Waals surface area contributed by atoms with Crippen molar-refractivity contribution in [3.05, 3.63) is 12.2 Å². The molecule has 0 aliphatic carbocycles. The van der Waals surface area contributed by atoms with Crippen molar-refractivity contribution in [1.82, 2.24) is 4.90 Å². The molecule has 3 nitrogen and oxygen atoms in total. The number of carbonyl (C=O) groups is 1. The first-order valence-corrected chi connectivity index (χ1v) is 3.66. The van der Waals surface area contributed by atoms with Gasteiger partial charge in [-0.15, -0.1) is 0 Å². The highest BCUT2D eigenvalue weighted by Gasteiger charge is 2.43. The lowest BCUT2D eigenvalue weighted by molar-refractivity contribution is -0.129. The van der Waals surface area contributed by atoms with Gasteiger partial charge in [-0.3, -0.25) is 4.79 Å². The minimum absolute atomic E-state index is 0.0231. The molecule has 0 radical (unpaired) electrons. The van der Waals surface area contributed by atoms with Crippen molar-refractivity contribution in [2.75, 3.05) is 14.1 Å². The van der Waals surface area contributed by atoms with Gasteiger partial charge < -0.3 is 9.64 Å². The minimum Gasteiger partial charge on any atom is -0.355 e. The quantitative estimate of drug-likeness (QED) is 0.427. The largest absolute Gasteiger partial charge is 0.355 e. The summed E-state index contributed by atoms with van der Waals surface area (Å²) in [6.07, 6.45) is 3.59. The van der Waals surface area contributed by atoms with Gasteiger partial charge in [0.25, 0.3) is 5.91 Å². The van der Waals surface area contributed by atoms with Gasteiger partial charge in [0.05, 0.1) is 0 Å². The topological polar surface area (TPSA) is 32.8 Å². The van der Waals surface area contributed by atoms with E-state index in [9.17, 15) is 4.79 Å². The zero-order chi connectivity index (χ0) is 8.43. The molecule has 0 N–H and O–H groups in total. The van der Waals surface area contributed by atoms with Crippen LogP contribution in [0, 0.1) is 0 Å². The summed E-state index contributed by atoms with van der Waals surface area (Å²) in [7, 11) is 3.47. The smallest absolute Gasteiger partial charge is 0.254 e. The first-order valence-electron chi connectivity index (χ1n) is 3.66. The predicted octanol–water partition coefficient (Wildman–Crippen LogP) is 0.418. The molecule has 0 aromatic carbocycles. The van der Waals surface area contributed by atoms with Crippen molar-refractivity contribution in [1.29, 1.82) is 0 Å². The Balaban J connectivity index is 2.38. The van der Waals surface area contributed by atoms with Crippen molar-refractivity contribution in [3.63, 3.8) is 0 Å². The maximum absolute atomic E-state index is 11.2. The average Bonchev–Trinajstić information content (AvgIpc) is 2.67. The summed E-state index contributed by atoms with van der Waals surface area (Å²) in [5.41, 5.74) is 0. The number of rotatable bonds is 2. The molecule has 1 fully saturated rings. The highest BCUT2D eigenvalue weighted by Crippen LogP contribution is 2.24. The number of ether oxygens (including phenoxy) is 1. The molecule has 2 atom stereocenters. The van der Waals surface area contributed by atoms with Crippen molar-refractivity contribution < 1.29 is 9.53 Å². The lowest BCUT2D eigenvalue weighted by Crippen LogP contribution is -2.27. The maximum atomic E-state index is 11.2. The molecule has 0 aromatic heterocycles. The van der Waals surface area contributed by atoms with Crippen LogP contribution >= 0.6 is 0 Å². The zero-order valence-corrected chi connectivity index (χ0v) is 7.07. The second-order valence-electron chi connectivity index (χ2n) is 2.78. The molecule has 0 aromatic rings. The third kappa shape index (κ3) is 1.80. The molecule has 1 aliphatic rings. The van der Waals surface area contributed by atoms with E-state index in [1.807, 2.05) is 19.1 Å². The Kier molecular flexibility index (Phi) is 2.29. The summed E-state index contributed by atoms with van der Waals surface area (Å²) < 4.78 is 5.10. The fraction of sp³-hybridized carbons (Fsp3) is 0.625. The van der Waals surface area contributed by atoms with Gasteiger partial charge in [-0.05, 0) is 6.92 Å². The molecule has 62 valence electrons. The molecular formula is C8H13NO2.